The maximum absolute atomic E-state index is 13.0. The fraction of sp³-hybridized carbons (Fsp3) is 0.120. The van der Waals surface area contributed by atoms with Gasteiger partial charge in [0.05, 0.1) is 16.8 Å². The zero-order valence-corrected chi connectivity index (χ0v) is 16.5. The van der Waals surface area contributed by atoms with E-state index in [4.69, 9.17) is 14.5 Å². The van der Waals surface area contributed by atoms with E-state index >= 15 is 0 Å². The molecule has 0 fully saturated rings. The zero-order chi connectivity index (χ0) is 20.9. The molecule has 5 heteroatoms. The minimum atomic E-state index is -0.425. The van der Waals surface area contributed by atoms with Gasteiger partial charge in [-0.05, 0) is 42.8 Å². The molecule has 0 radical (unpaired) electrons. The minimum absolute atomic E-state index is 0.0764. The van der Waals surface area contributed by atoms with Crippen LogP contribution in [0.2, 0.25) is 0 Å². The number of pyridine rings is 1. The van der Waals surface area contributed by atoms with Gasteiger partial charge in [-0.3, -0.25) is 0 Å². The molecule has 0 saturated heterocycles. The van der Waals surface area contributed by atoms with Crippen LogP contribution >= 0.6 is 0 Å². The van der Waals surface area contributed by atoms with Gasteiger partial charge < -0.3 is 9.47 Å². The second-order valence-corrected chi connectivity index (χ2v) is 6.78. The Bertz CT molecular complexity index is 1170. The highest BCUT2D eigenvalue weighted by Crippen LogP contribution is 2.30. The first-order valence-electron chi connectivity index (χ1n) is 9.64. The number of fused-ring (bicyclic) bond motifs is 1. The first kappa shape index (κ1) is 19.6. The molecule has 1 aromatic heterocycles. The lowest BCUT2D eigenvalue weighted by molar-refractivity contribution is 0.0452. The summed E-state index contributed by atoms with van der Waals surface area (Å²) in [7, 11) is 0. The minimum Gasteiger partial charge on any atom is -0.490 e. The number of esters is 1. The molecule has 0 aliphatic heterocycles. The monoisotopic (exact) mass is 401 g/mol. The standard InChI is InChI=1S/C25H20FNO3/c1-17-23(25(28)30-16-15-29-20-13-11-19(26)12-14-20)21-9-5-6-10-22(21)27-24(17)18-7-3-2-4-8-18/h2-14H,15-16H2,1H3. The second kappa shape index (κ2) is 8.74. The van der Waals surface area contributed by atoms with Crippen LogP contribution in [0.3, 0.4) is 0 Å². The van der Waals surface area contributed by atoms with E-state index in [9.17, 15) is 9.18 Å². The largest absolute Gasteiger partial charge is 0.490 e. The summed E-state index contributed by atoms with van der Waals surface area (Å²) in [6.07, 6.45) is 0. The van der Waals surface area contributed by atoms with Crippen molar-refractivity contribution in [2.75, 3.05) is 13.2 Å². The Morgan fingerprint density at radius 3 is 2.37 bits per heavy atom. The van der Waals surface area contributed by atoms with E-state index in [1.807, 2.05) is 61.5 Å². The van der Waals surface area contributed by atoms with E-state index in [0.29, 0.717) is 11.3 Å². The highest BCUT2D eigenvalue weighted by Gasteiger charge is 2.20. The van der Waals surface area contributed by atoms with Crippen LogP contribution < -0.4 is 4.74 Å². The van der Waals surface area contributed by atoms with Gasteiger partial charge in [0.15, 0.2) is 0 Å². The Morgan fingerprint density at radius 1 is 0.900 bits per heavy atom. The van der Waals surface area contributed by atoms with Crippen molar-refractivity contribution < 1.29 is 18.7 Å². The van der Waals surface area contributed by atoms with E-state index in [1.54, 1.807) is 0 Å². The van der Waals surface area contributed by atoms with Gasteiger partial charge >= 0.3 is 5.97 Å². The molecule has 0 N–H and O–H groups in total. The summed E-state index contributed by atoms with van der Waals surface area (Å²) in [5.74, 6) is -0.238. The second-order valence-electron chi connectivity index (χ2n) is 6.78. The molecule has 0 atom stereocenters. The first-order chi connectivity index (χ1) is 14.6. The van der Waals surface area contributed by atoms with Gasteiger partial charge in [-0.2, -0.15) is 0 Å². The van der Waals surface area contributed by atoms with Crippen molar-refractivity contribution in [3.05, 3.63) is 95.8 Å². The van der Waals surface area contributed by atoms with Crippen LogP contribution in [0.25, 0.3) is 22.2 Å². The molecule has 3 aromatic carbocycles. The number of nitrogens with zero attached hydrogens (tertiary/aromatic N) is 1. The van der Waals surface area contributed by atoms with Crippen LogP contribution in [0.5, 0.6) is 5.75 Å². The van der Waals surface area contributed by atoms with Crippen LogP contribution in [-0.2, 0) is 4.74 Å². The number of hydrogen-bond acceptors (Lipinski definition) is 4. The molecule has 0 unspecified atom stereocenters. The Kier molecular flexibility index (Phi) is 5.70. The van der Waals surface area contributed by atoms with Crippen molar-refractivity contribution in [3.8, 4) is 17.0 Å². The summed E-state index contributed by atoms with van der Waals surface area (Å²) in [5, 5.41) is 0.749. The fourth-order valence-electron chi connectivity index (χ4n) is 3.34. The summed E-state index contributed by atoms with van der Waals surface area (Å²) < 4.78 is 23.9. The number of carbonyl (C=O) groups excluding carboxylic acids is 1. The third-order valence-electron chi connectivity index (χ3n) is 4.79. The van der Waals surface area contributed by atoms with Gasteiger partial charge in [-0.1, -0.05) is 48.5 Å². The molecule has 0 saturated carbocycles. The summed E-state index contributed by atoms with van der Waals surface area (Å²) in [5.41, 5.74) is 3.69. The predicted molar refractivity (Wildman–Crippen MR) is 114 cm³/mol. The molecule has 30 heavy (non-hydrogen) atoms. The average molecular weight is 401 g/mol. The van der Waals surface area contributed by atoms with E-state index in [0.717, 1.165) is 27.7 Å². The van der Waals surface area contributed by atoms with Crippen molar-refractivity contribution >= 4 is 16.9 Å². The number of halogens is 1. The molecule has 0 amide bonds. The van der Waals surface area contributed by atoms with Gasteiger partial charge in [-0.15, -0.1) is 0 Å². The molecule has 0 aliphatic carbocycles. The smallest absolute Gasteiger partial charge is 0.339 e. The van der Waals surface area contributed by atoms with Crippen LogP contribution in [-0.4, -0.2) is 24.2 Å². The lowest BCUT2D eigenvalue weighted by Crippen LogP contribution is -2.14. The lowest BCUT2D eigenvalue weighted by Gasteiger charge is -2.14. The molecular formula is C25H20FNO3. The summed E-state index contributed by atoms with van der Waals surface area (Å²) in [6, 6.07) is 23.0. The SMILES string of the molecule is Cc1c(-c2ccccc2)nc2ccccc2c1C(=O)OCCOc1ccc(F)cc1. The van der Waals surface area contributed by atoms with Crippen molar-refractivity contribution in [1.82, 2.24) is 4.98 Å². The molecule has 4 nitrogen and oxygen atoms in total. The van der Waals surface area contributed by atoms with Gasteiger partial charge in [-0.25, -0.2) is 14.2 Å². The highest BCUT2D eigenvalue weighted by atomic mass is 19.1. The molecule has 0 aliphatic rings. The van der Waals surface area contributed by atoms with E-state index in [-0.39, 0.29) is 19.0 Å². The summed E-state index contributed by atoms with van der Waals surface area (Å²) >= 11 is 0. The normalized spacial score (nSPS) is 10.7. The van der Waals surface area contributed by atoms with Crippen molar-refractivity contribution in [2.24, 2.45) is 0 Å². The number of hydrogen-bond donors (Lipinski definition) is 0. The number of aromatic nitrogens is 1. The van der Waals surface area contributed by atoms with Gasteiger partial charge in [0, 0.05) is 10.9 Å². The number of carbonyl (C=O) groups is 1. The van der Waals surface area contributed by atoms with E-state index in [1.165, 1.54) is 24.3 Å². The zero-order valence-electron chi connectivity index (χ0n) is 16.5. The topological polar surface area (TPSA) is 48.4 Å². The molecule has 1 heterocycles. The maximum Gasteiger partial charge on any atom is 0.339 e. The molecular weight excluding hydrogens is 381 g/mol. The first-order valence-corrected chi connectivity index (χ1v) is 9.64. The molecule has 4 rings (SSSR count). The number of rotatable bonds is 6. The summed E-state index contributed by atoms with van der Waals surface area (Å²) in [4.78, 5) is 17.7. The lowest BCUT2D eigenvalue weighted by atomic mass is 9.98. The van der Waals surface area contributed by atoms with Crippen molar-refractivity contribution in [3.63, 3.8) is 0 Å². The van der Waals surface area contributed by atoms with Crippen LogP contribution in [0, 0.1) is 12.7 Å². The summed E-state index contributed by atoms with van der Waals surface area (Å²) in [6.45, 7) is 2.13. The number of para-hydroxylation sites is 1. The average Bonchev–Trinajstić information content (AvgIpc) is 2.78. The Labute approximate surface area is 173 Å². The van der Waals surface area contributed by atoms with Gasteiger partial charge in [0.1, 0.15) is 24.8 Å². The Morgan fingerprint density at radius 2 is 1.60 bits per heavy atom. The third kappa shape index (κ3) is 4.15. The third-order valence-corrected chi connectivity index (χ3v) is 4.79. The van der Waals surface area contributed by atoms with E-state index in [2.05, 4.69) is 0 Å². The Hall–Kier alpha value is -3.73. The quantitative estimate of drug-likeness (QED) is 0.312. The Balaban J connectivity index is 1.57. The predicted octanol–water partition coefficient (Wildman–Crippen LogP) is 5.59. The fourth-order valence-corrected chi connectivity index (χ4v) is 3.34. The van der Waals surface area contributed by atoms with Gasteiger partial charge in [0.2, 0.25) is 0 Å². The molecule has 150 valence electrons. The van der Waals surface area contributed by atoms with E-state index < -0.39 is 5.97 Å². The van der Waals surface area contributed by atoms with Crippen LogP contribution in [0.4, 0.5) is 4.39 Å². The highest BCUT2D eigenvalue weighted by molar-refractivity contribution is 6.06. The van der Waals surface area contributed by atoms with Crippen LogP contribution in [0.1, 0.15) is 15.9 Å². The molecule has 4 aromatic rings. The number of ether oxygens (including phenoxy) is 2. The van der Waals surface area contributed by atoms with Crippen molar-refractivity contribution in [1.29, 1.82) is 0 Å². The molecule has 0 spiro atoms. The van der Waals surface area contributed by atoms with Gasteiger partial charge in [0.25, 0.3) is 0 Å². The van der Waals surface area contributed by atoms with Crippen molar-refractivity contribution in [2.45, 2.75) is 6.92 Å². The van der Waals surface area contributed by atoms with Crippen LogP contribution in [0.15, 0.2) is 78.9 Å². The molecule has 0 bridgehead atoms. The number of benzene rings is 3. The maximum atomic E-state index is 13.0.